The molecular weight excluding hydrogens is 429 g/mol. The molecule has 1 saturated carbocycles. The topological polar surface area (TPSA) is 76.3 Å². The largest absolute Gasteiger partial charge is 0.339 e. The van der Waals surface area contributed by atoms with E-state index in [1.807, 2.05) is 12.1 Å². The van der Waals surface area contributed by atoms with Crippen LogP contribution < -0.4 is 0 Å². The fraction of sp³-hybridized carbons (Fsp3) is 0.333. The summed E-state index contributed by atoms with van der Waals surface area (Å²) in [6.07, 6.45) is 2.37. The highest BCUT2D eigenvalue weighted by atomic mass is 35.5. The van der Waals surface area contributed by atoms with Gasteiger partial charge in [-0.2, -0.15) is 9.29 Å². The third-order valence-corrected chi connectivity index (χ3v) is 8.33. The van der Waals surface area contributed by atoms with E-state index in [-0.39, 0.29) is 16.2 Å². The lowest BCUT2D eigenvalue weighted by Gasteiger charge is -2.31. The minimum Gasteiger partial charge on any atom is -0.339 e. The smallest absolute Gasteiger partial charge is 0.243 e. The van der Waals surface area contributed by atoms with Crippen molar-refractivity contribution in [2.24, 2.45) is 5.41 Å². The van der Waals surface area contributed by atoms with Crippen LogP contribution in [0.1, 0.15) is 31.1 Å². The van der Waals surface area contributed by atoms with Crippen LogP contribution in [0.2, 0.25) is 5.02 Å². The van der Waals surface area contributed by atoms with E-state index in [9.17, 15) is 12.8 Å². The predicted octanol–water partition coefficient (Wildman–Crippen LogP) is 4.49. The number of halogens is 2. The lowest BCUT2D eigenvalue weighted by atomic mass is 9.92. The summed E-state index contributed by atoms with van der Waals surface area (Å²) >= 11 is 6.04. The molecule has 0 amide bonds. The Labute approximate surface area is 178 Å². The van der Waals surface area contributed by atoms with Crippen molar-refractivity contribution in [3.8, 4) is 11.4 Å². The SMILES string of the molecule is O=S(=O)(c1ccc(F)cc1)N1CCC2(CC1)CC2c1nc(-c2cccc(Cl)c2)no1. The minimum atomic E-state index is -3.62. The molecule has 156 valence electrons. The van der Waals surface area contributed by atoms with E-state index in [1.165, 1.54) is 28.6 Å². The zero-order valence-electron chi connectivity index (χ0n) is 16.0. The van der Waals surface area contributed by atoms with Crippen LogP contribution in [0.5, 0.6) is 0 Å². The molecule has 1 saturated heterocycles. The Kier molecular flexibility index (Phi) is 4.68. The second-order valence-corrected chi connectivity index (χ2v) is 10.3. The van der Waals surface area contributed by atoms with Gasteiger partial charge in [0.1, 0.15) is 5.82 Å². The Hall–Kier alpha value is -2.29. The predicted molar refractivity (Wildman–Crippen MR) is 109 cm³/mol. The van der Waals surface area contributed by atoms with Gasteiger partial charge in [-0.05, 0) is 61.1 Å². The van der Waals surface area contributed by atoms with Gasteiger partial charge in [-0.15, -0.1) is 0 Å². The maximum atomic E-state index is 13.1. The number of nitrogens with zero attached hydrogens (tertiary/aromatic N) is 3. The normalized spacial score (nSPS) is 21.1. The number of sulfonamides is 1. The Morgan fingerprint density at radius 3 is 2.57 bits per heavy atom. The molecule has 1 atom stereocenters. The van der Waals surface area contributed by atoms with Gasteiger partial charge in [-0.25, -0.2) is 12.8 Å². The Bertz CT molecular complexity index is 1190. The summed E-state index contributed by atoms with van der Waals surface area (Å²) in [5, 5.41) is 4.69. The molecule has 2 aromatic carbocycles. The number of hydrogen-bond acceptors (Lipinski definition) is 5. The van der Waals surface area contributed by atoms with E-state index < -0.39 is 15.8 Å². The first kappa shape index (κ1) is 19.7. The number of rotatable bonds is 4. The van der Waals surface area contributed by atoms with Gasteiger partial charge in [-0.1, -0.05) is 28.9 Å². The van der Waals surface area contributed by atoms with Gasteiger partial charge < -0.3 is 4.52 Å². The van der Waals surface area contributed by atoms with Gasteiger partial charge in [0, 0.05) is 29.6 Å². The van der Waals surface area contributed by atoms with E-state index in [0.29, 0.717) is 29.8 Å². The standard InChI is InChI=1S/C21H19ClFN3O3S/c22-15-3-1-2-14(12-15)19-24-20(29-25-19)18-13-21(18)8-10-26(11-9-21)30(27,28)17-6-4-16(23)5-7-17/h1-7,12,18H,8-11,13H2. The molecule has 2 aliphatic rings. The summed E-state index contributed by atoms with van der Waals surface area (Å²) in [7, 11) is -3.62. The monoisotopic (exact) mass is 447 g/mol. The summed E-state index contributed by atoms with van der Waals surface area (Å²) in [5.41, 5.74) is 0.805. The molecule has 1 aliphatic carbocycles. The zero-order chi connectivity index (χ0) is 20.9. The van der Waals surface area contributed by atoms with Crippen molar-refractivity contribution in [3.63, 3.8) is 0 Å². The van der Waals surface area contributed by atoms with Crippen LogP contribution in [0, 0.1) is 11.2 Å². The molecule has 5 rings (SSSR count). The van der Waals surface area contributed by atoms with Crippen molar-refractivity contribution in [3.05, 3.63) is 65.3 Å². The Morgan fingerprint density at radius 2 is 1.87 bits per heavy atom. The van der Waals surface area contributed by atoms with Crippen molar-refractivity contribution in [2.75, 3.05) is 13.1 Å². The summed E-state index contributed by atoms with van der Waals surface area (Å²) in [6, 6.07) is 12.2. The average Bonchev–Trinajstić information content (AvgIpc) is 3.20. The summed E-state index contributed by atoms with van der Waals surface area (Å²) in [4.78, 5) is 4.67. The molecule has 0 N–H and O–H groups in total. The summed E-state index contributed by atoms with van der Waals surface area (Å²) in [5.74, 6) is 0.795. The van der Waals surface area contributed by atoms with Crippen LogP contribution in [0.15, 0.2) is 57.9 Å². The lowest BCUT2D eigenvalue weighted by Crippen LogP contribution is -2.39. The van der Waals surface area contributed by atoms with Gasteiger partial charge in [0.15, 0.2) is 0 Å². The third kappa shape index (κ3) is 3.42. The third-order valence-electron chi connectivity index (χ3n) is 6.18. The number of hydrogen-bond donors (Lipinski definition) is 0. The van der Waals surface area contributed by atoms with Gasteiger partial charge in [0.05, 0.1) is 4.90 Å². The first-order valence-electron chi connectivity index (χ1n) is 9.73. The molecule has 6 nitrogen and oxygen atoms in total. The minimum absolute atomic E-state index is 0.00690. The molecule has 1 spiro atoms. The van der Waals surface area contributed by atoms with E-state index >= 15 is 0 Å². The molecule has 9 heteroatoms. The first-order chi connectivity index (χ1) is 14.4. The van der Waals surface area contributed by atoms with Crippen molar-refractivity contribution in [1.29, 1.82) is 0 Å². The van der Waals surface area contributed by atoms with E-state index in [4.69, 9.17) is 16.1 Å². The van der Waals surface area contributed by atoms with Crippen molar-refractivity contribution < 1.29 is 17.3 Å². The van der Waals surface area contributed by atoms with Crippen LogP contribution in [0.25, 0.3) is 11.4 Å². The summed E-state index contributed by atoms with van der Waals surface area (Å²) < 4.78 is 45.8. The van der Waals surface area contributed by atoms with Crippen molar-refractivity contribution in [2.45, 2.75) is 30.1 Å². The van der Waals surface area contributed by atoms with Gasteiger partial charge in [0.25, 0.3) is 0 Å². The number of piperidine rings is 1. The van der Waals surface area contributed by atoms with Crippen LogP contribution in [-0.4, -0.2) is 36.0 Å². The molecule has 1 aliphatic heterocycles. The van der Waals surface area contributed by atoms with Gasteiger partial charge in [-0.3, -0.25) is 0 Å². The highest BCUT2D eigenvalue weighted by Gasteiger charge is 2.59. The lowest BCUT2D eigenvalue weighted by molar-refractivity contribution is 0.242. The number of aromatic nitrogens is 2. The van der Waals surface area contributed by atoms with Crippen LogP contribution >= 0.6 is 11.6 Å². The molecule has 30 heavy (non-hydrogen) atoms. The Morgan fingerprint density at radius 1 is 1.13 bits per heavy atom. The first-order valence-corrected chi connectivity index (χ1v) is 11.5. The second kappa shape index (κ2) is 7.14. The van der Waals surface area contributed by atoms with E-state index in [1.54, 1.807) is 12.1 Å². The molecule has 1 aromatic heterocycles. The second-order valence-electron chi connectivity index (χ2n) is 7.94. The maximum Gasteiger partial charge on any atom is 0.243 e. The van der Waals surface area contributed by atoms with Crippen molar-refractivity contribution in [1.82, 2.24) is 14.4 Å². The fourth-order valence-corrected chi connectivity index (χ4v) is 5.93. The Balaban J connectivity index is 1.27. The molecule has 0 radical (unpaired) electrons. The average molecular weight is 448 g/mol. The van der Waals surface area contributed by atoms with Gasteiger partial charge >= 0.3 is 0 Å². The van der Waals surface area contributed by atoms with Gasteiger partial charge in [0.2, 0.25) is 21.7 Å². The van der Waals surface area contributed by atoms with E-state index in [0.717, 1.165) is 24.8 Å². The van der Waals surface area contributed by atoms with Crippen LogP contribution in [0.4, 0.5) is 4.39 Å². The zero-order valence-corrected chi connectivity index (χ0v) is 17.5. The molecule has 3 aromatic rings. The molecule has 1 unspecified atom stereocenters. The van der Waals surface area contributed by atoms with Crippen LogP contribution in [-0.2, 0) is 10.0 Å². The highest BCUT2D eigenvalue weighted by Crippen LogP contribution is 2.64. The quantitative estimate of drug-likeness (QED) is 0.589. The van der Waals surface area contributed by atoms with E-state index in [2.05, 4.69) is 10.1 Å². The molecular formula is C21H19ClFN3O3S. The molecule has 2 heterocycles. The highest BCUT2D eigenvalue weighted by molar-refractivity contribution is 7.89. The molecule has 2 fully saturated rings. The fourth-order valence-electron chi connectivity index (χ4n) is 4.30. The van der Waals surface area contributed by atoms with Crippen molar-refractivity contribution >= 4 is 21.6 Å². The molecule has 0 bridgehead atoms. The maximum absolute atomic E-state index is 13.1. The van der Waals surface area contributed by atoms with Crippen LogP contribution in [0.3, 0.4) is 0 Å². The number of benzene rings is 2. The summed E-state index contributed by atoms with van der Waals surface area (Å²) in [6.45, 7) is 0.844.